The summed E-state index contributed by atoms with van der Waals surface area (Å²) in [5.41, 5.74) is 3.46. The summed E-state index contributed by atoms with van der Waals surface area (Å²) in [6.45, 7) is 1.95. The number of para-hydroxylation sites is 1. The van der Waals surface area contributed by atoms with Crippen molar-refractivity contribution in [1.82, 2.24) is 9.78 Å². The largest absolute Gasteiger partial charge is 0.462 e. The molecule has 0 aliphatic heterocycles. The third-order valence-corrected chi connectivity index (χ3v) is 4.75. The van der Waals surface area contributed by atoms with Crippen molar-refractivity contribution < 1.29 is 14.3 Å². The number of rotatable bonds is 6. The molecular formula is C25H21N3O3. The zero-order valence-electron chi connectivity index (χ0n) is 17.0. The highest BCUT2D eigenvalue weighted by Gasteiger charge is 2.22. The van der Waals surface area contributed by atoms with Gasteiger partial charge in [-0.1, -0.05) is 60.7 Å². The molecule has 154 valence electrons. The number of ether oxygens (including phenoxy) is 1. The van der Waals surface area contributed by atoms with Crippen LogP contribution in [0.1, 0.15) is 27.6 Å². The molecule has 1 N–H and O–H groups in total. The number of anilines is 1. The van der Waals surface area contributed by atoms with E-state index in [0.29, 0.717) is 11.3 Å². The fourth-order valence-corrected chi connectivity index (χ4v) is 3.22. The van der Waals surface area contributed by atoms with Crippen molar-refractivity contribution in [3.63, 3.8) is 0 Å². The van der Waals surface area contributed by atoms with Gasteiger partial charge in [0.25, 0.3) is 5.91 Å². The van der Waals surface area contributed by atoms with Gasteiger partial charge in [0.05, 0.1) is 18.5 Å². The quantitative estimate of drug-likeness (QED) is 0.455. The molecule has 0 atom stereocenters. The van der Waals surface area contributed by atoms with E-state index in [1.54, 1.807) is 19.1 Å². The number of hydrogen-bond acceptors (Lipinski definition) is 4. The molecule has 6 nitrogen and oxygen atoms in total. The topological polar surface area (TPSA) is 73.2 Å². The summed E-state index contributed by atoms with van der Waals surface area (Å²) in [5, 5.41) is 7.12. The number of nitrogens with one attached hydrogen (secondary N) is 1. The van der Waals surface area contributed by atoms with Crippen LogP contribution in [0.4, 0.5) is 5.82 Å². The van der Waals surface area contributed by atoms with E-state index in [9.17, 15) is 9.59 Å². The first-order chi connectivity index (χ1) is 15.2. The fourth-order valence-electron chi connectivity index (χ4n) is 3.22. The first-order valence-corrected chi connectivity index (χ1v) is 9.94. The summed E-state index contributed by atoms with van der Waals surface area (Å²) in [4.78, 5) is 25.4. The number of benzene rings is 3. The van der Waals surface area contributed by atoms with Crippen LogP contribution in [-0.2, 0) is 4.74 Å². The van der Waals surface area contributed by atoms with Gasteiger partial charge >= 0.3 is 5.97 Å². The summed E-state index contributed by atoms with van der Waals surface area (Å²) < 4.78 is 6.64. The molecule has 3 aromatic carbocycles. The standard InChI is InChI=1S/C25H21N3O3/c1-2-31-25(30)22-17-26-28(21-11-7-4-8-12-21)23(22)27-24(29)20-15-13-19(14-16-20)18-9-5-3-6-10-18/h3-17H,2H2,1H3,(H,27,29). The Labute approximate surface area is 180 Å². The van der Waals surface area contributed by atoms with E-state index in [4.69, 9.17) is 4.74 Å². The molecule has 6 heteroatoms. The van der Waals surface area contributed by atoms with Crippen LogP contribution >= 0.6 is 0 Å². The smallest absolute Gasteiger partial charge is 0.343 e. The maximum Gasteiger partial charge on any atom is 0.343 e. The molecule has 0 radical (unpaired) electrons. The van der Waals surface area contributed by atoms with Crippen LogP contribution in [0.2, 0.25) is 0 Å². The van der Waals surface area contributed by atoms with Gasteiger partial charge in [0, 0.05) is 5.56 Å². The first-order valence-electron chi connectivity index (χ1n) is 9.94. The molecule has 0 spiro atoms. The van der Waals surface area contributed by atoms with Crippen LogP contribution in [0.15, 0.2) is 91.1 Å². The van der Waals surface area contributed by atoms with Crippen LogP contribution in [0.3, 0.4) is 0 Å². The van der Waals surface area contributed by atoms with Crippen LogP contribution < -0.4 is 5.32 Å². The molecule has 1 aromatic heterocycles. The van der Waals surface area contributed by atoms with Crippen molar-refractivity contribution in [2.75, 3.05) is 11.9 Å². The van der Waals surface area contributed by atoms with Gasteiger partial charge < -0.3 is 10.1 Å². The molecule has 1 amide bonds. The molecule has 0 saturated heterocycles. The second kappa shape index (κ2) is 9.09. The van der Waals surface area contributed by atoms with Crippen LogP contribution in [-0.4, -0.2) is 28.3 Å². The third kappa shape index (κ3) is 4.38. The van der Waals surface area contributed by atoms with E-state index >= 15 is 0 Å². The van der Waals surface area contributed by atoms with E-state index in [2.05, 4.69) is 10.4 Å². The van der Waals surface area contributed by atoms with E-state index in [0.717, 1.165) is 11.1 Å². The minimum absolute atomic E-state index is 0.194. The lowest BCUT2D eigenvalue weighted by Crippen LogP contribution is -2.18. The van der Waals surface area contributed by atoms with Gasteiger partial charge in [0.2, 0.25) is 0 Å². The van der Waals surface area contributed by atoms with Crippen LogP contribution in [0.5, 0.6) is 0 Å². The SMILES string of the molecule is CCOC(=O)c1cnn(-c2ccccc2)c1NC(=O)c1ccc(-c2ccccc2)cc1. The molecule has 0 unspecified atom stereocenters. The Morgan fingerprint density at radius 1 is 0.871 bits per heavy atom. The maximum atomic E-state index is 13.0. The van der Waals surface area contributed by atoms with Gasteiger partial charge in [0.15, 0.2) is 5.82 Å². The predicted molar refractivity (Wildman–Crippen MR) is 119 cm³/mol. The zero-order chi connectivity index (χ0) is 21.6. The molecule has 1 heterocycles. The van der Waals surface area contributed by atoms with Gasteiger partial charge in [-0.3, -0.25) is 4.79 Å². The van der Waals surface area contributed by atoms with E-state index < -0.39 is 5.97 Å². The summed E-state index contributed by atoms with van der Waals surface area (Å²) in [6.07, 6.45) is 1.40. The molecule has 31 heavy (non-hydrogen) atoms. The van der Waals surface area contributed by atoms with Gasteiger partial charge in [-0.2, -0.15) is 5.10 Å². The summed E-state index contributed by atoms with van der Waals surface area (Å²) in [5.74, 6) is -0.621. The Bertz CT molecular complexity index is 1180. The highest BCUT2D eigenvalue weighted by molar-refractivity contribution is 6.07. The van der Waals surface area contributed by atoms with E-state index in [1.165, 1.54) is 10.9 Å². The second-order valence-corrected chi connectivity index (χ2v) is 6.77. The molecule has 4 aromatic rings. The van der Waals surface area contributed by atoms with E-state index in [1.807, 2.05) is 72.8 Å². The second-order valence-electron chi connectivity index (χ2n) is 6.77. The minimum Gasteiger partial charge on any atom is -0.462 e. The Hall–Kier alpha value is -4.19. The molecule has 0 aliphatic carbocycles. The maximum absolute atomic E-state index is 13.0. The summed E-state index contributed by atoms with van der Waals surface area (Å²) in [6, 6.07) is 26.5. The lowest BCUT2D eigenvalue weighted by atomic mass is 10.0. The van der Waals surface area contributed by atoms with E-state index in [-0.39, 0.29) is 23.9 Å². The summed E-state index contributed by atoms with van der Waals surface area (Å²) in [7, 11) is 0. The number of carbonyl (C=O) groups is 2. The molecule has 0 saturated carbocycles. The fraction of sp³-hybridized carbons (Fsp3) is 0.0800. The van der Waals surface area contributed by atoms with Crippen LogP contribution in [0.25, 0.3) is 16.8 Å². The molecule has 0 aliphatic rings. The van der Waals surface area contributed by atoms with Crippen molar-refractivity contribution in [3.8, 4) is 16.8 Å². The highest BCUT2D eigenvalue weighted by atomic mass is 16.5. The van der Waals surface area contributed by atoms with Crippen LogP contribution in [0, 0.1) is 0 Å². The van der Waals surface area contributed by atoms with Crippen molar-refractivity contribution in [1.29, 1.82) is 0 Å². The lowest BCUT2D eigenvalue weighted by Gasteiger charge is -2.11. The number of nitrogens with zero attached hydrogens (tertiary/aromatic N) is 2. The van der Waals surface area contributed by atoms with Gasteiger partial charge in [-0.05, 0) is 42.3 Å². The lowest BCUT2D eigenvalue weighted by molar-refractivity contribution is 0.0527. The van der Waals surface area contributed by atoms with Gasteiger partial charge in [-0.15, -0.1) is 0 Å². The number of aromatic nitrogens is 2. The average Bonchev–Trinajstić information content (AvgIpc) is 3.24. The summed E-state index contributed by atoms with van der Waals surface area (Å²) >= 11 is 0. The number of amides is 1. The Kier molecular flexibility index (Phi) is 5.89. The predicted octanol–water partition coefficient (Wildman–Crippen LogP) is 4.97. The number of esters is 1. The minimum atomic E-state index is -0.542. The average molecular weight is 411 g/mol. The van der Waals surface area contributed by atoms with Crippen molar-refractivity contribution >= 4 is 17.7 Å². The van der Waals surface area contributed by atoms with Gasteiger partial charge in [-0.25, -0.2) is 9.48 Å². The molecule has 4 rings (SSSR count). The highest BCUT2D eigenvalue weighted by Crippen LogP contribution is 2.23. The Morgan fingerprint density at radius 3 is 2.13 bits per heavy atom. The number of carbonyl (C=O) groups excluding carboxylic acids is 2. The Balaban J connectivity index is 1.64. The number of hydrogen-bond donors (Lipinski definition) is 1. The normalized spacial score (nSPS) is 10.5. The molecule has 0 fully saturated rings. The first kappa shape index (κ1) is 20.1. The van der Waals surface area contributed by atoms with Crippen molar-refractivity contribution in [3.05, 3.63) is 102 Å². The monoisotopic (exact) mass is 411 g/mol. The van der Waals surface area contributed by atoms with Gasteiger partial charge in [0.1, 0.15) is 5.56 Å². The third-order valence-electron chi connectivity index (χ3n) is 4.75. The molecular weight excluding hydrogens is 390 g/mol. The Morgan fingerprint density at radius 2 is 1.48 bits per heavy atom. The molecule has 0 bridgehead atoms. The zero-order valence-corrected chi connectivity index (χ0v) is 17.0. The van der Waals surface area contributed by atoms with Crippen molar-refractivity contribution in [2.45, 2.75) is 6.92 Å². The van der Waals surface area contributed by atoms with Crippen molar-refractivity contribution in [2.24, 2.45) is 0 Å².